The number of hydrogen-bond donors (Lipinski definition) is 0. The van der Waals surface area contributed by atoms with Gasteiger partial charge in [0.15, 0.2) is 0 Å². The van der Waals surface area contributed by atoms with Crippen molar-refractivity contribution >= 4 is 29.3 Å². The number of thiazole rings is 1. The molecule has 2 fully saturated rings. The number of aromatic nitrogens is 1. The van der Waals surface area contributed by atoms with Gasteiger partial charge >= 0.3 is 13.2 Å². The first-order chi connectivity index (χ1) is 12.1. The van der Waals surface area contributed by atoms with Crippen LogP contribution >= 0.6 is 11.3 Å². The number of piperidine rings is 1. The molecule has 1 amide bonds. The van der Waals surface area contributed by atoms with Gasteiger partial charge in [-0.3, -0.25) is 0 Å². The van der Waals surface area contributed by atoms with Crippen LogP contribution in [0.4, 0.5) is 4.79 Å². The summed E-state index contributed by atoms with van der Waals surface area (Å²) >= 11 is 1.67. The molecule has 144 valence electrons. The number of rotatable bonds is 2. The van der Waals surface area contributed by atoms with Gasteiger partial charge in [-0.2, -0.15) is 0 Å². The number of hydrogen-bond acceptors (Lipinski definition) is 6. The Morgan fingerprint density at radius 3 is 2.50 bits per heavy atom. The van der Waals surface area contributed by atoms with Crippen LogP contribution in [0.5, 0.6) is 0 Å². The molecule has 6 nitrogen and oxygen atoms in total. The summed E-state index contributed by atoms with van der Waals surface area (Å²) in [5.74, 6) is 0.382. The Kier molecular flexibility index (Phi) is 5.65. The number of ether oxygens (including phenoxy) is 1. The summed E-state index contributed by atoms with van der Waals surface area (Å²) in [4.78, 5) is 18.6. The largest absolute Gasteiger partial charge is 0.506 e. The van der Waals surface area contributed by atoms with Crippen molar-refractivity contribution in [2.45, 2.75) is 59.0 Å². The van der Waals surface area contributed by atoms with E-state index in [2.05, 4.69) is 18.8 Å². The van der Waals surface area contributed by atoms with Crippen LogP contribution in [0.2, 0.25) is 0 Å². The monoisotopic (exact) mass is 380 g/mol. The first-order valence-corrected chi connectivity index (χ1v) is 10.1. The molecule has 0 atom stereocenters. The maximum atomic E-state index is 12.2. The summed E-state index contributed by atoms with van der Waals surface area (Å²) < 4.78 is 18.2. The zero-order valence-corrected chi connectivity index (χ0v) is 17.2. The third-order valence-corrected chi connectivity index (χ3v) is 5.70. The summed E-state index contributed by atoms with van der Waals surface area (Å²) in [5, 5.41) is 1.11. The van der Waals surface area contributed by atoms with Gasteiger partial charge < -0.3 is 18.9 Å². The van der Waals surface area contributed by atoms with Crippen molar-refractivity contribution < 1.29 is 18.8 Å². The molecular weight excluding hydrogens is 351 g/mol. The van der Waals surface area contributed by atoms with Crippen molar-refractivity contribution in [2.75, 3.05) is 26.3 Å². The summed E-state index contributed by atoms with van der Waals surface area (Å²) in [6, 6.07) is 0. The Bertz CT molecular complexity index is 625. The molecule has 26 heavy (non-hydrogen) atoms. The minimum absolute atomic E-state index is 0.0680. The molecule has 8 heteroatoms. The summed E-state index contributed by atoms with van der Waals surface area (Å²) in [5.41, 5.74) is -0.384. The van der Waals surface area contributed by atoms with E-state index in [1.54, 1.807) is 16.2 Å². The minimum atomic E-state index is -0.452. The summed E-state index contributed by atoms with van der Waals surface area (Å²) in [6.07, 6.45) is 3.47. The van der Waals surface area contributed by atoms with Gasteiger partial charge in [0.05, 0.1) is 9.78 Å². The molecule has 0 N–H and O–H groups in total. The van der Waals surface area contributed by atoms with Gasteiger partial charge in [0.25, 0.3) is 0 Å². The zero-order valence-electron chi connectivity index (χ0n) is 16.4. The maximum absolute atomic E-state index is 12.2. The van der Waals surface area contributed by atoms with Gasteiger partial charge in [0.1, 0.15) is 5.60 Å². The Balaban J connectivity index is 1.53. The highest BCUT2D eigenvalue weighted by Gasteiger charge is 2.36. The number of carbonyl (C=O) groups excluding carboxylic acids is 1. The van der Waals surface area contributed by atoms with Crippen LogP contribution in [-0.2, 0) is 14.0 Å². The van der Waals surface area contributed by atoms with Crippen molar-refractivity contribution in [3.05, 3.63) is 11.2 Å². The molecule has 2 aliphatic rings. The lowest BCUT2D eigenvalue weighted by atomic mass is 9.83. The Hall–Kier alpha value is -1.12. The van der Waals surface area contributed by atoms with Crippen molar-refractivity contribution in [2.24, 2.45) is 5.41 Å². The number of nitrogens with zero attached hydrogens (tertiary/aromatic N) is 2. The van der Waals surface area contributed by atoms with Gasteiger partial charge in [-0.15, -0.1) is 11.3 Å². The van der Waals surface area contributed by atoms with Gasteiger partial charge in [-0.05, 0) is 33.6 Å². The van der Waals surface area contributed by atoms with Crippen molar-refractivity contribution in [1.29, 1.82) is 0 Å². The van der Waals surface area contributed by atoms with Gasteiger partial charge in [0.2, 0.25) is 0 Å². The molecule has 0 spiro atoms. The van der Waals surface area contributed by atoms with Crippen LogP contribution in [0, 0.1) is 5.41 Å². The molecule has 0 bridgehead atoms. The summed E-state index contributed by atoms with van der Waals surface area (Å²) in [6.45, 7) is 12.8. The van der Waals surface area contributed by atoms with E-state index in [1.165, 1.54) is 0 Å². The first kappa shape index (κ1) is 19.6. The highest BCUT2D eigenvalue weighted by atomic mass is 32.1. The molecule has 0 saturated carbocycles. The van der Waals surface area contributed by atoms with Crippen molar-refractivity contribution in [1.82, 2.24) is 9.88 Å². The molecule has 0 aliphatic carbocycles. The molecular formula is C18H29BN2O4S. The molecule has 2 aliphatic heterocycles. The molecule has 3 rings (SSSR count). The van der Waals surface area contributed by atoms with E-state index in [-0.39, 0.29) is 18.6 Å². The normalized spacial score (nSPS) is 21.7. The van der Waals surface area contributed by atoms with E-state index in [0.29, 0.717) is 32.2 Å². The number of likely N-dealkylation sites (tertiary alicyclic amines) is 1. The second kappa shape index (κ2) is 7.48. The lowest BCUT2D eigenvalue weighted by molar-refractivity contribution is 0.0205. The van der Waals surface area contributed by atoms with Crippen molar-refractivity contribution in [3.8, 4) is 0 Å². The Morgan fingerprint density at radius 1 is 1.31 bits per heavy atom. The average Bonchev–Trinajstić information content (AvgIpc) is 3.03. The first-order valence-electron chi connectivity index (χ1n) is 9.30. The highest BCUT2D eigenvalue weighted by molar-refractivity contribution is 7.22. The molecule has 2 saturated heterocycles. The van der Waals surface area contributed by atoms with E-state index in [9.17, 15) is 4.79 Å². The SMILES string of the molecule is CC1(C)COB(c2cnc(C3CCN(C(=O)OC(C)(C)C)CC3)s2)OC1. The standard InChI is InChI=1S/C18H29BN2O4S/c1-17(2,3)25-16(22)21-8-6-13(7-9-21)15-20-10-14(26-15)19-23-11-18(4,5)12-24-19/h10,13H,6-9,11-12H2,1-5H3. The fourth-order valence-electron chi connectivity index (χ4n) is 3.09. The van der Waals surface area contributed by atoms with E-state index in [1.807, 2.05) is 27.0 Å². The van der Waals surface area contributed by atoms with Crippen LogP contribution < -0.4 is 4.78 Å². The van der Waals surface area contributed by atoms with E-state index >= 15 is 0 Å². The predicted octanol–water partition coefficient (Wildman–Crippen LogP) is 3.03. The number of amides is 1. The summed E-state index contributed by atoms with van der Waals surface area (Å²) in [7, 11) is -0.295. The fourth-order valence-corrected chi connectivity index (χ4v) is 4.18. The molecule has 1 aromatic rings. The quantitative estimate of drug-likeness (QED) is 0.739. The maximum Gasteiger partial charge on any atom is 0.506 e. The minimum Gasteiger partial charge on any atom is -0.444 e. The fraction of sp³-hybridized carbons (Fsp3) is 0.778. The van der Waals surface area contributed by atoms with Crippen molar-refractivity contribution in [3.63, 3.8) is 0 Å². The number of carbonyl (C=O) groups is 1. The van der Waals surface area contributed by atoms with Crippen LogP contribution in [-0.4, -0.2) is 55.0 Å². The third-order valence-electron chi connectivity index (χ3n) is 4.52. The lowest BCUT2D eigenvalue weighted by Gasteiger charge is -2.33. The predicted molar refractivity (Wildman–Crippen MR) is 103 cm³/mol. The highest BCUT2D eigenvalue weighted by Crippen LogP contribution is 2.30. The topological polar surface area (TPSA) is 60.9 Å². The smallest absolute Gasteiger partial charge is 0.444 e. The Labute approximate surface area is 160 Å². The van der Waals surface area contributed by atoms with Gasteiger partial charge in [-0.25, -0.2) is 9.78 Å². The average molecular weight is 380 g/mol. The lowest BCUT2D eigenvalue weighted by Crippen LogP contribution is -2.46. The van der Waals surface area contributed by atoms with Crippen LogP contribution in [0.25, 0.3) is 0 Å². The van der Waals surface area contributed by atoms with Crippen LogP contribution in [0.15, 0.2) is 6.20 Å². The molecule has 0 unspecified atom stereocenters. The van der Waals surface area contributed by atoms with Crippen LogP contribution in [0.1, 0.15) is 58.4 Å². The van der Waals surface area contributed by atoms with Gasteiger partial charge in [0, 0.05) is 43.8 Å². The third kappa shape index (κ3) is 4.99. The van der Waals surface area contributed by atoms with E-state index in [4.69, 9.17) is 14.0 Å². The molecule has 0 radical (unpaired) electrons. The zero-order chi connectivity index (χ0) is 18.9. The van der Waals surface area contributed by atoms with E-state index < -0.39 is 5.60 Å². The van der Waals surface area contributed by atoms with Crippen LogP contribution in [0.3, 0.4) is 0 Å². The molecule has 3 heterocycles. The second-order valence-corrected chi connectivity index (χ2v) is 10.1. The molecule has 1 aromatic heterocycles. The Morgan fingerprint density at radius 2 is 1.92 bits per heavy atom. The molecule has 0 aromatic carbocycles. The van der Waals surface area contributed by atoms with Gasteiger partial charge in [-0.1, -0.05) is 13.8 Å². The van der Waals surface area contributed by atoms with E-state index in [0.717, 1.165) is 22.6 Å². The second-order valence-electron chi connectivity index (χ2n) is 8.96.